The van der Waals surface area contributed by atoms with Crippen molar-refractivity contribution in [3.63, 3.8) is 0 Å². The van der Waals surface area contributed by atoms with Crippen LogP contribution in [0.25, 0.3) is 0 Å². The van der Waals surface area contributed by atoms with Gasteiger partial charge in [-0.1, -0.05) is 89.9 Å². The summed E-state index contributed by atoms with van der Waals surface area (Å²) in [5.41, 5.74) is 0. The Bertz CT molecular complexity index is 548. The first-order valence-electron chi connectivity index (χ1n) is 14.0. The smallest absolute Gasteiger partial charge is 0.303 e. The van der Waals surface area contributed by atoms with Gasteiger partial charge in [-0.3, -0.25) is 19.7 Å². The Kier molecular flexibility index (Phi) is 23.8. The van der Waals surface area contributed by atoms with E-state index in [2.05, 4.69) is 23.3 Å². The first-order chi connectivity index (χ1) is 16.8. The van der Waals surface area contributed by atoms with Gasteiger partial charge in [0.15, 0.2) is 0 Å². The van der Waals surface area contributed by atoms with E-state index in [9.17, 15) is 19.5 Å². The lowest BCUT2D eigenvalue weighted by molar-refractivity contribution is -0.137. The number of thiol groups is 1. The van der Waals surface area contributed by atoms with Gasteiger partial charge in [0.1, 0.15) is 6.23 Å². The number of aliphatic hydroxyl groups is 1. The lowest BCUT2D eigenvalue weighted by Crippen LogP contribution is -2.40. The van der Waals surface area contributed by atoms with Gasteiger partial charge >= 0.3 is 5.97 Å². The Morgan fingerprint density at radius 3 is 1.49 bits per heavy atom. The zero-order valence-electron chi connectivity index (χ0n) is 22.1. The Labute approximate surface area is 219 Å². The number of aliphatic hydroxyl groups excluding tert-OH is 1. The molecule has 0 heterocycles. The number of nitrogens with one attached hydrogen (secondary N) is 2. The summed E-state index contributed by atoms with van der Waals surface area (Å²) < 4.78 is 0. The maximum Gasteiger partial charge on any atom is 0.303 e. The summed E-state index contributed by atoms with van der Waals surface area (Å²) >= 11 is 3.72. The molecule has 0 radical (unpaired) electrons. The number of carbonyl (C=O) groups excluding carboxylic acids is 2. The van der Waals surface area contributed by atoms with Crippen LogP contribution in [0.3, 0.4) is 0 Å². The average molecular weight is 517 g/mol. The van der Waals surface area contributed by atoms with E-state index >= 15 is 0 Å². The molecule has 0 aliphatic rings. The molecule has 206 valence electrons. The minimum atomic E-state index is -0.767. The summed E-state index contributed by atoms with van der Waals surface area (Å²) in [7, 11) is 0. The molecule has 1 amide bonds. The van der Waals surface area contributed by atoms with Crippen molar-refractivity contribution < 1.29 is 24.6 Å². The zero-order chi connectivity index (χ0) is 26.2. The SMILES string of the molecule is C[C@H](NC(O)CCCNC(=O)CCCCCCCCCCCCCCCCCCC(=O)O)C(=O)S. The molecule has 0 saturated heterocycles. The second kappa shape index (κ2) is 24.6. The summed E-state index contributed by atoms with van der Waals surface area (Å²) in [5.74, 6) is -0.606. The fraction of sp³-hybridized carbons (Fsp3) is 0.889. The summed E-state index contributed by atoms with van der Waals surface area (Å²) in [5, 5.41) is 23.7. The van der Waals surface area contributed by atoms with Gasteiger partial charge in [-0.05, 0) is 32.6 Å². The quantitative estimate of drug-likeness (QED) is 0.0569. The van der Waals surface area contributed by atoms with Crippen molar-refractivity contribution in [2.45, 2.75) is 148 Å². The summed E-state index contributed by atoms with van der Waals surface area (Å²) in [6.07, 6.45) is 20.5. The molecule has 1 unspecified atom stereocenters. The Balaban J connectivity index is 3.27. The highest BCUT2D eigenvalue weighted by molar-refractivity contribution is 7.96. The van der Waals surface area contributed by atoms with Gasteiger partial charge in [0.25, 0.3) is 0 Å². The number of carbonyl (C=O) groups is 3. The van der Waals surface area contributed by atoms with Crippen LogP contribution in [0.2, 0.25) is 0 Å². The van der Waals surface area contributed by atoms with Gasteiger partial charge in [0, 0.05) is 19.4 Å². The molecule has 0 aromatic rings. The van der Waals surface area contributed by atoms with Gasteiger partial charge in [-0.2, -0.15) is 0 Å². The largest absolute Gasteiger partial charge is 0.481 e. The van der Waals surface area contributed by atoms with Crippen molar-refractivity contribution >= 4 is 29.6 Å². The third kappa shape index (κ3) is 25.8. The Morgan fingerprint density at radius 1 is 0.686 bits per heavy atom. The molecule has 7 nitrogen and oxygen atoms in total. The molecule has 0 aromatic carbocycles. The maximum atomic E-state index is 11.9. The third-order valence-corrected chi connectivity index (χ3v) is 6.72. The number of unbranched alkanes of at least 4 members (excludes halogenated alkanes) is 15. The monoisotopic (exact) mass is 516 g/mol. The van der Waals surface area contributed by atoms with Crippen LogP contribution in [-0.4, -0.2) is 46.0 Å². The molecule has 0 aliphatic carbocycles. The average Bonchev–Trinajstić information content (AvgIpc) is 2.80. The molecule has 8 heteroatoms. The highest BCUT2D eigenvalue weighted by atomic mass is 32.1. The lowest BCUT2D eigenvalue weighted by atomic mass is 10.0. The minimum absolute atomic E-state index is 0.0736. The third-order valence-electron chi connectivity index (χ3n) is 6.33. The maximum absolute atomic E-state index is 11.9. The van der Waals surface area contributed by atoms with E-state index in [1.807, 2.05) is 0 Å². The molecule has 35 heavy (non-hydrogen) atoms. The van der Waals surface area contributed by atoms with E-state index in [4.69, 9.17) is 5.11 Å². The van der Waals surface area contributed by atoms with Gasteiger partial charge in [0.2, 0.25) is 11.0 Å². The van der Waals surface area contributed by atoms with Gasteiger partial charge in [-0.15, -0.1) is 12.6 Å². The predicted molar refractivity (Wildman–Crippen MR) is 146 cm³/mol. The van der Waals surface area contributed by atoms with E-state index in [1.54, 1.807) is 6.92 Å². The standard InChI is InChI=1S/C27H52N2O5S/c1-23(27(34)35)29-25(31)20-18-22-28-24(30)19-16-14-12-10-8-6-4-2-3-5-7-9-11-13-15-17-21-26(32)33/h23,25,29,31H,2-22H2,1H3,(H,28,30)(H,32,33)(H,34,35)/t23-,25?/m0/s1. The van der Waals surface area contributed by atoms with Gasteiger partial charge in [0.05, 0.1) is 6.04 Å². The van der Waals surface area contributed by atoms with Crippen molar-refractivity contribution in [3.8, 4) is 0 Å². The molecular weight excluding hydrogens is 464 g/mol. The van der Waals surface area contributed by atoms with Crippen LogP contribution in [0.15, 0.2) is 0 Å². The zero-order valence-corrected chi connectivity index (χ0v) is 23.0. The van der Waals surface area contributed by atoms with Crippen molar-refractivity contribution in [3.05, 3.63) is 0 Å². The normalized spacial score (nSPS) is 12.9. The molecule has 2 atom stereocenters. The fourth-order valence-electron chi connectivity index (χ4n) is 4.09. The second-order valence-electron chi connectivity index (χ2n) is 9.79. The highest BCUT2D eigenvalue weighted by Crippen LogP contribution is 2.14. The fourth-order valence-corrected chi connectivity index (χ4v) is 4.17. The molecule has 0 aliphatic heterocycles. The Morgan fingerprint density at radius 2 is 1.09 bits per heavy atom. The summed E-state index contributed by atoms with van der Waals surface area (Å²) in [6, 6.07) is -0.487. The van der Waals surface area contributed by atoms with Crippen molar-refractivity contribution in [2.24, 2.45) is 0 Å². The van der Waals surface area contributed by atoms with E-state index in [0.29, 0.717) is 32.2 Å². The van der Waals surface area contributed by atoms with Gasteiger partial charge < -0.3 is 15.5 Å². The molecule has 0 saturated carbocycles. The number of amides is 1. The first-order valence-corrected chi connectivity index (χ1v) is 14.4. The van der Waals surface area contributed by atoms with Crippen molar-refractivity contribution in [1.29, 1.82) is 0 Å². The molecule has 0 aromatic heterocycles. The molecular formula is C27H52N2O5S. The second-order valence-corrected chi connectivity index (χ2v) is 10.2. The van der Waals surface area contributed by atoms with Crippen LogP contribution in [0, 0.1) is 0 Å². The van der Waals surface area contributed by atoms with Crippen LogP contribution in [-0.2, 0) is 14.4 Å². The topological polar surface area (TPSA) is 116 Å². The van der Waals surface area contributed by atoms with Crippen LogP contribution in [0.5, 0.6) is 0 Å². The number of rotatable bonds is 26. The number of carboxylic acid groups (broad SMARTS) is 1. The number of hydrogen-bond donors (Lipinski definition) is 5. The van der Waals surface area contributed by atoms with Crippen molar-refractivity contribution in [1.82, 2.24) is 10.6 Å². The van der Waals surface area contributed by atoms with E-state index in [1.165, 1.54) is 77.0 Å². The van der Waals surface area contributed by atoms with Crippen LogP contribution in [0.4, 0.5) is 0 Å². The molecule has 0 fully saturated rings. The van der Waals surface area contributed by atoms with Crippen LogP contribution in [0.1, 0.15) is 135 Å². The van der Waals surface area contributed by atoms with Crippen LogP contribution >= 0.6 is 12.6 Å². The first kappa shape index (κ1) is 33.9. The predicted octanol–water partition coefficient (Wildman–Crippen LogP) is 5.74. The number of hydrogen-bond acceptors (Lipinski definition) is 5. The summed E-state index contributed by atoms with van der Waals surface area (Å²) in [4.78, 5) is 33.3. The van der Waals surface area contributed by atoms with Crippen LogP contribution < -0.4 is 10.6 Å². The molecule has 4 N–H and O–H groups in total. The highest BCUT2D eigenvalue weighted by Gasteiger charge is 2.12. The molecule has 0 bridgehead atoms. The Hall–Kier alpha value is -1.12. The van der Waals surface area contributed by atoms with E-state index in [-0.39, 0.29) is 11.0 Å². The molecule has 0 spiro atoms. The number of aliphatic carboxylic acids is 1. The van der Waals surface area contributed by atoms with E-state index in [0.717, 1.165) is 25.7 Å². The summed E-state index contributed by atoms with van der Waals surface area (Å²) in [6.45, 7) is 2.19. The lowest BCUT2D eigenvalue weighted by Gasteiger charge is -2.16. The number of carboxylic acids is 1. The minimum Gasteiger partial charge on any atom is -0.481 e. The molecule has 0 rings (SSSR count). The van der Waals surface area contributed by atoms with Crippen molar-refractivity contribution in [2.75, 3.05) is 6.54 Å². The van der Waals surface area contributed by atoms with E-state index < -0.39 is 18.2 Å². The van der Waals surface area contributed by atoms with Gasteiger partial charge in [-0.25, -0.2) is 0 Å².